The Hall–Kier alpha value is -3.04. The largest absolute Gasteiger partial charge is 0.454 e. The van der Waals surface area contributed by atoms with E-state index in [-0.39, 0.29) is 23.5 Å². The fraction of sp³-hybridized carbons (Fsp3) is 0.211. The van der Waals surface area contributed by atoms with Crippen LogP contribution >= 0.6 is 11.3 Å². The number of hydrogen-bond donors (Lipinski definition) is 1. The van der Waals surface area contributed by atoms with Gasteiger partial charge in [0.25, 0.3) is 5.91 Å². The highest BCUT2D eigenvalue weighted by Gasteiger charge is 2.16. The molecule has 4 rings (SSSR count). The molecule has 0 aliphatic carbocycles. The minimum absolute atomic E-state index is 0.252. The van der Waals surface area contributed by atoms with Crippen LogP contribution in [-0.2, 0) is 13.1 Å². The molecular formula is C19H17FN4O3S. The Morgan fingerprint density at radius 2 is 1.93 bits per heavy atom. The van der Waals surface area contributed by atoms with Gasteiger partial charge in [0.15, 0.2) is 11.5 Å². The summed E-state index contributed by atoms with van der Waals surface area (Å²) in [6, 6.07) is 11.4. The van der Waals surface area contributed by atoms with Gasteiger partial charge in [-0.2, -0.15) is 0 Å². The van der Waals surface area contributed by atoms with E-state index in [1.165, 1.54) is 35.6 Å². The van der Waals surface area contributed by atoms with Crippen LogP contribution in [0.2, 0.25) is 0 Å². The van der Waals surface area contributed by atoms with Gasteiger partial charge in [-0.1, -0.05) is 17.4 Å². The van der Waals surface area contributed by atoms with Crippen molar-refractivity contribution in [2.45, 2.75) is 13.1 Å². The van der Waals surface area contributed by atoms with E-state index in [9.17, 15) is 9.18 Å². The molecule has 0 spiro atoms. The monoisotopic (exact) mass is 400 g/mol. The maximum atomic E-state index is 12.9. The van der Waals surface area contributed by atoms with Gasteiger partial charge in [-0.05, 0) is 49.0 Å². The van der Waals surface area contributed by atoms with E-state index in [1.54, 1.807) is 0 Å². The van der Waals surface area contributed by atoms with Crippen molar-refractivity contribution in [2.24, 2.45) is 0 Å². The van der Waals surface area contributed by atoms with Crippen LogP contribution < -0.4 is 14.8 Å². The second kappa shape index (κ2) is 7.91. The molecule has 0 radical (unpaired) electrons. The molecule has 0 saturated carbocycles. The van der Waals surface area contributed by atoms with Crippen LogP contribution in [0.3, 0.4) is 0 Å². The van der Waals surface area contributed by atoms with E-state index in [1.807, 2.05) is 25.2 Å². The first kappa shape index (κ1) is 18.3. The molecular weight excluding hydrogens is 383 g/mol. The van der Waals surface area contributed by atoms with Crippen LogP contribution in [0, 0.1) is 5.82 Å². The second-order valence-corrected chi connectivity index (χ2v) is 7.38. The highest BCUT2D eigenvalue weighted by Crippen LogP contribution is 2.32. The molecule has 7 nitrogen and oxygen atoms in total. The number of nitrogens with zero attached hydrogens (tertiary/aromatic N) is 3. The first-order valence-electron chi connectivity index (χ1n) is 8.53. The van der Waals surface area contributed by atoms with Crippen molar-refractivity contribution in [3.63, 3.8) is 0 Å². The predicted molar refractivity (Wildman–Crippen MR) is 102 cm³/mol. The standard InChI is InChI=1S/C19H17FN4O3S/c1-24(9-12-2-7-15-16(8-12)27-11-26-15)10-17-22-23-19(28-17)18(25)21-14-5-3-13(20)4-6-14/h2-8H,9-11H2,1H3,(H,21,25). The lowest BCUT2D eigenvalue weighted by molar-refractivity contribution is 0.102. The molecule has 0 bridgehead atoms. The number of carbonyl (C=O) groups is 1. The van der Waals surface area contributed by atoms with Gasteiger partial charge in [0.1, 0.15) is 10.8 Å². The van der Waals surface area contributed by atoms with Gasteiger partial charge in [-0.25, -0.2) is 4.39 Å². The molecule has 144 valence electrons. The first-order valence-corrected chi connectivity index (χ1v) is 9.35. The van der Waals surface area contributed by atoms with Crippen molar-refractivity contribution in [1.29, 1.82) is 0 Å². The van der Waals surface area contributed by atoms with E-state index in [0.29, 0.717) is 18.8 Å². The summed E-state index contributed by atoms with van der Waals surface area (Å²) in [5.41, 5.74) is 1.59. The van der Waals surface area contributed by atoms with Crippen LogP contribution in [0.15, 0.2) is 42.5 Å². The number of hydrogen-bond acceptors (Lipinski definition) is 7. The normalized spacial score (nSPS) is 12.4. The fourth-order valence-electron chi connectivity index (χ4n) is 2.76. The maximum Gasteiger partial charge on any atom is 0.286 e. The topological polar surface area (TPSA) is 76.6 Å². The van der Waals surface area contributed by atoms with Crippen LogP contribution in [0.1, 0.15) is 20.4 Å². The van der Waals surface area contributed by atoms with Crippen LogP contribution in [-0.4, -0.2) is 34.8 Å². The number of halogens is 1. The third-order valence-corrected chi connectivity index (χ3v) is 4.96. The molecule has 1 aliphatic rings. The predicted octanol–water partition coefficient (Wildman–Crippen LogP) is 3.29. The molecule has 1 aromatic heterocycles. The highest BCUT2D eigenvalue weighted by molar-refractivity contribution is 7.13. The number of anilines is 1. The summed E-state index contributed by atoms with van der Waals surface area (Å²) in [6.07, 6.45) is 0. The van der Waals surface area contributed by atoms with Crippen LogP contribution in [0.4, 0.5) is 10.1 Å². The third kappa shape index (κ3) is 4.26. The molecule has 0 fully saturated rings. The number of amides is 1. The van der Waals surface area contributed by atoms with E-state index in [4.69, 9.17) is 9.47 Å². The van der Waals surface area contributed by atoms with Crippen LogP contribution in [0.5, 0.6) is 11.5 Å². The summed E-state index contributed by atoms with van der Waals surface area (Å²) in [5.74, 6) is 0.782. The Balaban J connectivity index is 1.34. The number of carbonyl (C=O) groups excluding carboxylic acids is 1. The summed E-state index contributed by atoms with van der Waals surface area (Å²) in [6.45, 7) is 1.49. The lowest BCUT2D eigenvalue weighted by Crippen LogP contribution is -2.17. The van der Waals surface area contributed by atoms with Crippen LogP contribution in [0.25, 0.3) is 0 Å². The molecule has 9 heteroatoms. The molecule has 1 N–H and O–H groups in total. The number of benzene rings is 2. The molecule has 2 heterocycles. The van der Waals surface area contributed by atoms with Gasteiger partial charge in [-0.3, -0.25) is 9.69 Å². The third-order valence-electron chi connectivity index (χ3n) is 4.06. The van der Waals surface area contributed by atoms with Gasteiger partial charge in [0.05, 0.1) is 6.54 Å². The fourth-order valence-corrected chi connectivity index (χ4v) is 3.58. The lowest BCUT2D eigenvalue weighted by atomic mass is 10.2. The first-order chi connectivity index (χ1) is 13.6. The Morgan fingerprint density at radius 3 is 2.75 bits per heavy atom. The number of aromatic nitrogens is 2. The summed E-state index contributed by atoms with van der Waals surface area (Å²) in [7, 11) is 1.96. The van der Waals surface area contributed by atoms with Gasteiger partial charge >= 0.3 is 0 Å². The summed E-state index contributed by atoms with van der Waals surface area (Å²) < 4.78 is 23.7. The Kier molecular flexibility index (Phi) is 5.18. The second-order valence-electron chi connectivity index (χ2n) is 6.32. The van der Waals surface area contributed by atoms with Crippen molar-refractivity contribution >= 4 is 22.9 Å². The molecule has 1 aliphatic heterocycles. The highest BCUT2D eigenvalue weighted by atomic mass is 32.1. The molecule has 0 atom stereocenters. The number of ether oxygens (including phenoxy) is 2. The van der Waals surface area contributed by atoms with Crippen molar-refractivity contribution in [3.8, 4) is 11.5 Å². The Labute approximate surface area is 164 Å². The smallest absolute Gasteiger partial charge is 0.286 e. The number of fused-ring (bicyclic) bond motifs is 1. The van der Waals surface area contributed by atoms with Crippen molar-refractivity contribution in [3.05, 3.63) is 63.9 Å². The SMILES string of the molecule is CN(Cc1ccc2c(c1)OCO2)Cc1nnc(C(=O)Nc2ccc(F)cc2)s1. The van der Waals surface area contributed by atoms with Gasteiger partial charge in [-0.15, -0.1) is 10.2 Å². The summed E-state index contributed by atoms with van der Waals surface area (Å²) >= 11 is 1.23. The summed E-state index contributed by atoms with van der Waals surface area (Å²) in [4.78, 5) is 14.3. The lowest BCUT2D eigenvalue weighted by Gasteiger charge is -2.15. The molecule has 28 heavy (non-hydrogen) atoms. The van der Waals surface area contributed by atoms with E-state index >= 15 is 0 Å². The molecule has 2 aromatic carbocycles. The van der Waals surface area contributed by atoms with Gasteiger partial charge < -0.3 is 14.8 Å². The Bertz CT molecular complexity index is 993. The number of nitrogens with one attached hydrogen (secondary N) is 1. The van der Waals surface area contributed by atoms with E-state index in [2.05, 4.69) is 20.4 Å². The van der Waals surface area contributed by atoms with Crippen molar-refractivity contribution in [1.82, 2.24) is 15.1 Å². The minimum Gasteiger partial charge on any atom is -0.454 e. The van der Waals surface area contributed by atoms with E-state index in [0.717, 1.165) is 22.1 Å². The van der Waals surface area contributed by atoms with Gasteiger partial charge in [0.2, 0.25) is 11.8 Å². The molecule has 3 aromatic rings. The van der Waals surface area contributed by atoms with E-state index < -0.39 is 0 Å². The average Bonchev–Trinajstić information content (AvgIpc) is 3.32. The molecule has 0 saturated heterocycles. The molecule has 0 unspecified atom stereocenters. The quantitative estimate of drug-likeness (QED) is 0.684. The Morgan fingerprint density at radius 1 is 1.14 bits per heavy atom. The minimum atomic E-state index is -0.367. The summed E-state index contributed by atoms with van der Waals surface area (Å²) in [5, 5.41) is 11.7. The molecule has 1 amide bonds. The van der Waals surface area contributed by atoms with Crippen molar-refractivity contribution in [2.75, 3.05) is 19.2 Å². The van der Waals surface area contributed by atoms with Crippen molar-refractivity contribution < 1.29 is 18.7 Å². The zero-order valence-electron chi connectivity index (χ0n) is 15.0. The van der Waals surface area contributed by atoms with Gasteiger partial charge in [0, 0.05) is 12.2 Å². The maximum absolute atomic E-state index is 12.9. The average molecular weight is 400 g/mol. The number of rotatable bonds is 6. The zero-order chi connectivity index (χ0) is 19.5. The zero-order valence-corrected chi connectivity index (χ0v) is 15.8.